The van der Waals surface area contributed by atoms with E-state index in [1.165, 1.54) is 0 Å². The summed E-state index contributed by atoms with van der Waals surface area (Å²) in [5.74, 6) is 0.569. The molecule has 5 nitrogen and oxygen atoms in total. The Morgan fingerprint density at radius 1 is 1.28 bits per heavy atom. The fourth-order valence-corrected chi connectivity index (χ4v) is 3.26. The maximum absolute atomic E-state index is 12.3. The van der Waals surface area contributed by atoms with Crippen molar-refractivity contribution in [2.75, 3.05) is 29.9 Å². The number of carbonyl (C=O) groups is 1. The van der Waals surface area contributed by atoms with Crippen LogP contribution in [0, 0.1) is 5.92 Å². The molecule has 5 heteroatoms. The van der Waals surface area contributed by atoms with Gasteiger partial charge in [0, 0.05) is 13.1 Å². The molecular formula is C20H32N2O3. The number of para-hydroxylation sites is 2. The van der Waals surface area contributed by atoms with Gasteiger partial charge in [0.05, 0.1) is 36.6 Å². The number of nitrogens with one attached hydrogen (secondary N) is 1. The summed E-state index contributed by atoms with van der Waals surface area (Å²) in [6.45, 7) is 8.45. The van der Waals surface area contributed by atoms with E-state index in [0.29, 0.717) is 18.9 Å². The number of rotatable bonds is 8. The van der Waals surface area contributed by atoms with Crippen LogP contribution in [-0.4, -0.2) is 42.9 Å². The van der Waals surface area contributed by atoms with Crippen LogP contribution in [0.2, 0.25) is 0 Å². The quantitative estimate of drug-likeness (QED) is 0.755. The molecule has 1 aliphatic heterocycles. The number of ether oxygens (including phenoxy) is 1. The van der Waals surface area contributed by atoms with Crippen molar-refractivity contribution in [3.8, 4) is 0 Å². The lowest BCUT2D eigenvalue weighted by Gasteiger charge is -2.32. The molecule has 1 saturated heterocycles. The highest BCUT2D eigenvalue weighted by molar-refractivity contribution is 5.94. The standard InChI is InChI=1S/C20H32N2O3/c1-15(2)14-16(3)25-13-10-20(24)21-18-6-4-5-7-19(18)22-11-8-17(23)9-12-22/h4-7,15-17,23H,8-14H2,1-3H3,(H,21,24)/t16-/m1/s1. The second-order valence-corrected chi connectivity index (χ2v) is 7.34. The Balaban J connectivity index is 1.84. The van der Waals surface area contributed by atoms with Crippen molar-refractivity contribution in [3.05, 3.63) is 24.3 Å². The van der Waals surface area contributed by atoms with Crippen LogP contribution < -0.4 is 10.2 Å². The molecule has 140 valence electrons. The summed E-state index contributed by atoms with van der Waals surface area (Å²) in [5.41, 5.74) is 1.86. The minimum atomic E-state index is -0.206. The van der Waals surface area contributed by atoms with Gasteiger partial charge in [0.25, 0.3) is 0 Å². The Hall–Kier alpha value is -1.59. The van der Waals surface area contributed by atoms with Gasteiger partial charge in [0.15, 0.2) is 0 Å². The summed E-state index contributed by atoms with van der Waals surface area (Å²) in [6, 6.07) is 7.86. The maximum Gasteiger partial charge on any atom is 0.226 e. The fourth-order valence-electron chi connectivity index (χ4n) is 3.26. The van der Waals surface area contributed by atoms with Crippen LogP contribution in [0.4, 0.5) is 11.4 Å². The molecule has 1 aliphatic rings. The minimum Gasteiger partial charge on any atom is -0.393 e. The molecule has 2 rings (SSSR count). The van der Waals surface area contributed by atoms with Gasteiger partial charge in [0.2, 0.25) is 5.91 Å². The first-order valence-corrected chi connectivity index (χ1v) is 9.39. The number of aliphatic hydroxyl groups is 1. The molecule has 0 unspecified atom stereocenters. The molecule has 2 N–H and O–H groups in total. The number of hydrogen-bond donors (Lipinski definition) is 2. The van der Waals surface area contributed by atoms with E-state index in [2.05, 4.69) is 31.0 Å². The summed E-state index contributed by atoms with van der Waals surface area (Å²) in [5, 5.41) is 12.7. The Bertz CT molecular complexity index is 539. The van der Waals surface area contributed by atoms with Gasteiger partial charge < -0.3 is 20.1 Å². The minimum absolute atomic E-state index is 0.0266. The molecule has 1 aromatic carbocycles. The summed E-state index contributed by atoms with van der Waals surface area (Å²) in [4.78, 5) is 14.5. The predicted octanol–water partition coefficient (Wildman–Crippen LogP) is 3.43. The van der Waals surface area contributed by atoms with Crippen LogP contribution in [0.15, 0.2) is 24.3 Å². The molecule has 0 saturated carbocycles. The van der Waals surface area contributed by atoms with Crippen molar-refractivity contribution in [2.24, 2.45) is 5.92 Å². The zero-order chi connectivity index (χ0) is 18.2. The van der Waals surface area contributed by atoms with Crippen molar-refractivity contribution in [1.29, 1.82) is 0 Å². The average Bonchev–Trinajstić information content (AvgIpc) is 2.55. The highest BCUT2D eigenvalue weighted by Crippen LogP contribution is 2.28. The molecule has 0 bridgehead atoms. The molecule has 1 atom stereocenters. The summed E-state index contributed by atoms with van der Waals surface area (Å²) >= 11 is 0. The van der Waals surface area contributed by atoms with Crippen molar-refractivity contribution in [1.82, 2.24) is 0 Å². The van der Waals surface area contributed by atoms with Crippen molar-refractivity contribution in [2.45, 2.75) is 58.7 Å². The summed E-state index contributed by atoms with van der Waals surface area (Å²) in [7, 11) is 0. The second-order valence-electron chi connectivity index (χ2n) is 7.34. The summed E-state index contributed by atoms with van der Waals surface area (Å²) < 4.78 is 5.72. The lowest BCUT2D eigenvalue weighted by Crippen LogP contribution is -2.36. The Labute approximate surface area is 151 Å². The number of nitrogens with zero attached hydrogens (tertiary/aromatic N) is 1. The van der Waals surface area contributed by atoms with E-state index in [4.69, 9.17) is 4.74 Å². The van der Waals surface area contributed by atoms with E-state index in [0.717, 1.165) is 43.7 Å². The first kappa shape index (κ1) is 19.7. The van der Waals surface area contributed by atoms with Crippen molar-refractivity contribution in [3.63, 3.8) is 0 Å². The third-order valence-electron chi connectivity index (χ3n) is 4.52. The van der Waals surface area contributed by atoms with Gasteiger partial charge >= 0.3 is 0 Å². The topological polar surface area (TPSA) is 61.8 Å². The zero-order valence-corrected chi connectivity index (χ0v) is 15.7. The summed E-state index contributed by atoms with van der Waals surface area (Å²) in [6.07, 6.45) is 2.87. The average molecular weight is 348 g/mol. The number of benzene rings is 1. The third-order valence-corrected chi connectivity index (χ3v) is 4.52. The molecular weight excluding hydrogens is 316 g/mol. The van der Waals surface area contributed by atoms with Crippen LogP contribution in [-0.2, 0) is 9.53 Å². The smallest absolute Gasteiger partial charge is 0.226 e. The molecule has 0 radical (unpaired) electrons. The number of anilines is 2. The molecule has 0 aromatic heterocycles. The lowest BCUT2D eigenvalue weighted by atomic mass is 10.1. The monoisotopic (exact) mass is 348 g/mol. The molecule has 1 fully saturated rings. The molecule has 1 amide bonds. The highest BCUT2D eigenvalue weighted by Gasteiger charge is 2.19. The van der Waals surface area contributed by atoms with E-state index in [1.807, 2.05) is 24.3 Å². The van der Waals surface area contributed by atoms with Gasteiger partial charge in [-0.05, 0) is 44.2 Å². The van der Waals surface area contributed by atoms with Gasteiger partial charge in [-0.3, -0.25) is 4.79 Å². The van der Waals surface area contributed by atoms with E-state index < -0.39 is 0 Å². The predicted molar refractivity (Wildman–Crippen MR) is 102 cm³/mol. The SMILES string of the molecule is CC(C)C[C@@H](C)OCCC(=O)Nc1ccccc1N1CCC(O)CC1. The molecule has 1 aromatic rings. The maximum atomic E-state index is 12.3. The van der Waals surface area contributed by atoms with E-state index in [-0.39, 0.29) is 18.1 Å². The van der Waals surface area contributed by atoms with Crippen LogP contribution in [0.5, 0.6) is 0 Å². The number of hydrogen-bond acceptors (Lipinski definition) is 4. The highest BCUT2D eigenvalue weighted by atomic mass is 16.5. The second kappa shape index (κ2) is 9.78. The zero-order valence-electron chi connectivity index (χ0n) is 15.7. The first-order chi connectivity index (χ1) is 12.0. The normalized spacial score (nSPS) is 16.9. The lowest BCUT2D eigenvalue weighted by molar-refractivity contribution is -0.117. The van der Waals surface area contributed by atoms with Gasteiger partial charge in [0.1, 0.15) is 0 Å². The van der Waals surface area contributed by atoms with Crippen LogP contribution in [0.3, 0.4) is 0 Å². The first-order valence-electron chi connectivity index (χ1n) is 9.39. The van der Waals surface area contributed by atoms with Gasteiger partial charge in [-0.25, -0.2) is 0 Å². The molecule has 0 aliphatic carbocycles. The van der Waals surface area contributed by atoms with Crippen LogP contribution >= 0.6 is 0 Å². The number of amides is 1. The number of piperidine rings is 1. The Morgan fingerprint density at radius 2 is 1.96 bits per heavy atom. The van der Waals surface area contributed by atoms with E-state index >= 15 is 0 Å². The van der Waals surface area contributed by atoms with Crippen LogP contribution in [0.25, 0.3) is 0 Å². The Kier molecular flexibility index (Phi) is 7.72. The molecule has 25 heavy (non-hydrogen) atoms. The number of carbonyl (C=O) groups excluding carboxylic acids is 1. The molecule has 0 spiro atoms. The fraction of sp³-hybridized carbons (Fsp3) is 0.650. The van der Waals surface area contributed by atoms with Crippen molar-refractivity contribution >= 4 is 17.3 Å². The van der Waals surface area contributed by atoms with E-state index in [9.17, 15) is 9.90 Å². The largest absolute Gasteiger partial charge is 0.393 e. The van der Waals surface area contributed by atoms with Crippen molar-refractivity contribution < 1.29 is 14.6 Å². The molecule has 1 heterocycles. The number of aliphatic hydroxyl groups excluding tert-OH is 1. The van der Waals surface area contributed by atoms with E-state index in [1.54, 1.807) is 0 Å². The van der Waals surface area contributed by atoms with Crippen LogP contribution in [0.1, 0.15) is 46.5 Å². The Morgan fingerprint density at radius 3 is 2.64 bits per heavy atom. The van der Waals surface area contributed by atoms with Gasteiger partial charge in [-0.1, -0.05) is 26.0 Å². The van der Waals surface area contributed by atoms with Gasteiger partial charge in [-0.2, -0.15) is 0 Å². The third kappa shape index (κ3) is 6.67. The van der Waals surface area contributed by atoms with Gasteiger partial charge in [-0.15, -0.1) is 0 Å².